The summed E-state index contributed by atoms with van der Waals surface area (Å²) in [6.07, 6.45) is 0.616. The Kier molecular flexibility index (Phi) is 6.34. The smallest absolute Gasteiger partial charge is 0.256 e. The van der Waals surface area contributed by atoms with E-state index < -0.39 is 9.84 Å². The van der Waals surface area contributed by atoms with E-state index in [4.69, 9.17) is 4.74 Å². The molecule has 1 saturated heterocycles. The number of aryl methyl sites for hydroxylation is 1. The first kappa shape index (κ1) is 21.5. The van der Waals surface area contributed by atoms with Gasteiger partial charge in [0.15, 0.2) is 9.84 Å². The minimum atomic E-state index is -2.96. The summed E-state index contributed by atoms with van der Waals surface area (Å²) in [6, 6.07) is 22.3. The molecule has 3 aromatic carbocycles. The molecular weight excluding hydrogens is 430 g/mol. The van der Waals surface area contributed by atoms with Crippen molar-refractivity contribution in [2.75, 3.05) is 16.8 Å². The molecule has 1 atom stereocenters. The van der Waals surface area contributed by atoms with Crippen LogP contribution >= 0.6 is 11.8 Å². The maximum atomic E-state index is 12.9. The Bertz CT molecular complexity index is 1190. The molecule has 160 valence electrons. The first-order chi connectivity index (χ1) is 14.9. The molecule has 31 heavy (non-hydrogen) atoms. The SMILES string of the molecule is Cc1cccc(Oc2ccc(NC(=O)c3ccccc3S[C@@H]3CCS(=O)(=O)C3)cc2)c1. The molecule has 3 aromatic rings. The minimum absolute atomic E-state index is 0.0167. The number of hydrogen-bond donors (Lipinski definition) is 1. The molecule has 1 amide bonds. The zero-order valence-corrected chi connectivity index (χ0v) is 18.7. The van der Waals surface area contributed by atoms with Crippen molar-refractivity contribution in [3.05, 3.63) is 83.9 Å². The highest BCUT2D eigenvalue weighted by Crippen LogP contribution is 2.33. The monoisotopic (exact) mass is 453 g/mol. The van der Waals surface area contributed by atoms with Gasteiger partial charge < -0.3 is 10.1 Å². The van der Waals surface area contributed by atoms with Crippen LogP contribution < -0.4 is 10.1 Å². The third-order valence-electron chi connectivity index (χ3n) is 4.95. The summed E-state index contributed by atoms with van der Waals surface area (Å²) < 4.78 is 29.3. The Hall–Kier alpha value is -2.77. The van der Waals surface area contributed by atoms with Crippen LogP contribution in [-0.2, 0) is 9.84 Å². The molecule has 1 fully saturated rings. The van der Waals surface area contributed by atoms with Crippen molar-refractivity contribution in [3.8, 4) is 11.5 Å². The lowest BCUT2D eigenvalue weighted by Crippen LogP contribution is -2.14. The van der Waals surface area contributed by atoms with E-state index in [9.17, 15) is 13.2 Å². The lowest BCUT2D eigenvalue weighted by atomic mass is 10.2. The van der Waals surface area contributed by atoms with Gasteiger partial charge in [0.1, 0.15) is 11.5 Å². The highest BCUT2D eigenvalue weighted by molar-refractivity contribution is 8.02. The highest BCUT2D eigenvalue weighted by atomic mass is 32.2. The Morgan fingerprint density at radius 3 is 2.48 bits per heavy atom. The maximum absolute atomic E-state index is 12.9. The number of ether oxygens (including phenoxy) is 1. The van der Waals surface area contributed by atoms with Crippen molar-refractivity contribution in [1.29, 1.82) is 0 Å². The van der Waals surface area contributed by atoms with E-state index in [-0.39, 0.29) is 22.7 Å². The molecule has 0 aromatic heterocycles. The van der Waals surface area contributed by atoms with Crippen molar-refractivity contribution in [2.24, 2.45) is 0 Å². The number of nitrogens with one attached hydrogen (secondary N) is 1. The van der Waals surface area contributed by atoms with Gasteiger partial charge in [-0.3, -0.25) is 4.79 Å². The maximum Gasteiger partial charge on any atom is 0.256 e. The number of benzene rings is 3. The molecule has 4 rings (SSSR count). The predicted octanol–water partition coefficient (Wildman–Crippen LogP) is 5.32. The molecule has 0 radical (unpaired) electrons. The van der Waals surface area contributed by atoms with Crippen LogP contribution in [0.4, 0.5) is 5.69 Å². The number of thioether (sulfide) groups is 1. The van der Waals surface area contributed by atoms with E-state index >= 15 is 0 Å². The van der Waals surface area contributed by atoms with E-state index in [1.807, 2.05) is 61.5 Å². The fraction of sp³-hybridized carbons (Fsp3) is 0.208. The van der Waals surface area contributed by atoms with Crippen LogP contribution in [0.25, 0.3) is 0 Å². The van der Waals surface area contributed by atoms with Crippen LogP contribution in [-0.4, -0.2) is 31.1 Å². The fourth-order valence-electron chi connectivity index (χ4n) is 3.41. The normalized spacial score (nSPS) is 17.3. The van der Waals surface area contributed by atoms with Crippen molar-refractivity contribution < 1.29 is 17.9 Å². The average Bonchev–Trinajstić information content (AvgIpc) is 3.08. The predicted molar refractivity (Wildman–Crippen MR) is 125 cm³/mol. The number of rotatable bonds is 6. The van der Waals surface area contributed by atoms with Gasteiger partial charge in [0.25, 0.3) is 5.91 Å². The third kappa shape index (κ3) is 5.68. The van der Waals surface area contributed by atoms with E-state index in [1.165, 1.54) is 11.8 Å². The molecule has 0 aliphatic carbocycles. The number of sulfone groups is 1. The zero-order chi connectivity index (χ0) is 21.8. The van der Waals surface area contributed by atoms with Gasteiger partial charge in [-0.1, -0.05) is 24.3 Å². The lowest BCUT2D eigenvalue weighted by molar-refractivity contribution is 0.102. The van der Waals surface area contributed by atoms with Crippen LogP contribution in [0.5, 0.6) is 11.5 Å². The van der Waals surface area contributed by atoms with Crippen molar-refractivity contribution in [3.63, 3.8) is 0 Å². The Morgan fingerprint density at radius 1 is 1.00 bits per heavy atom. The van der Waals surface area contributed by atoms with E-state index in [0.717, 1.165) is 16.2 Å². The van der Waals surface area contributed by atoms with Crippen molar-refractivity contribution >= 4 is 33.2 Å². The molecule has 7 heteroatoms. The largest absolute Gasteiger partial charge is 0.457 e. The van der Waals surface area contributed by atoms with Gasteiger partial charge in [-0.2, -0.15) is 0 Å². The second-order valence-electron chi connectivity index (χ2n) is 7.54. The van der Waals surface area contributed by atoms with Gasteiger partial charge in [0.05, 0.1) is 17.1 Å². The summed E-state index contributed by atoms with van der Waals surface area (Å²) in [5.74, 6) is 1.60. The Labute approximate surface area is 186 Å². The third-order valence-corrected chi connectivity index (χ3v) is 8.28. The van der Waals surface area contributed by atoms with Crippen LogP contribution in [0, 0.1) is 6.92 Å². The molecule has 5 nitrogen and oxygen atoms in total. The first-order valence-corrected chi connectivity index (χ1v) is 12.7. The molecule has 1 aliphatic rings. The summed E-state index contributed by atoms with van der Waals surface area (Å²) in [4.78, 5) is 13.7. The Morgan fingerprint density at radius 2 is 1.77 bits per heavy atom. The molecule has 0 spiro atoms. The summed E-state index contributed by atoms with van der Waals surface area (Å²) in [7, 11) is -2.96. The molecule has 1 heterocycles. The summed E-state index contributed by atoms with van der Waals surface area (Å²) in [6.45, 7) is 2.01. The van der Waals surface area contributed by atoms with Crippen LogP contribution in [0.2, 0.25) is 0 Å². The van der Waals surface area contributed by atoms with Gasteiger partial charge in [-0.25, -0.2) is 8.42 Å². The lowest BCUT2D eigenvalue weighted by Gasteiger charge is -2.13. The van der Waals surface area contributed by atoms with E-state index in [2.05, 4.69) is 5.32 Å². The van der Waals surface area contributed by atoms with Gasteiger partial charge in [-0.05, 0) is 67.4 Å². The molecule has 0 unspecified atom stereocenters. The van der Waals surface area contributed by atoms with Gasteiger partial charge in [0, 0.05) is 15.8 Å². The van der Waals surface area contributed by atoms with Crippen molar-refractivity contribution in [2.45, 2.75) is 23.5 Å². The number of anilines is 1. The number of hydrogen-bond acceptors (Lipinski definition) is 5. The topological polar surface area (TPSA) is 72.5 Å². The fourth-order valence-corrected chi connectivity index (χ4v) is 7.04. The number of amides is 1. The standard InChI is InChI=1S/C24H23NO4S2/c1-17-5-4-6-20(15-17)29-19-11-9-18(10-12-19)25-24(26)22-7-2-3-8-23(22)30-21-13-14-31(27,28)16-21/h2-12,15,21H,13-14,16H2,1H3,(H,25,26)/t21-/m1/s1. The second kappa shape index (κ2) is 9.16. The summed E-state index contributed by atoms with van der Waals surface area (Å²) in [5.41, 5.74) is 2.31. The minimum Gasteiger partial charge on any atom is -0.457 e. The van der Waals surface area contributed by atoms with Crippen LogP contribution in [0.15, 0.2) is 77.7 Å². The van der Waals surface area contributed by atoms with Crippen molar-refractivity contribution in [1.82, 2.24) is 0 Å². The molecule has 1 aliphatic heterocycles. The molecule has 0 saturated carbocycles. The van der Waals surface area contributed by atoms with Gasteiger partial charge in [-0.15, -0.1) is 11.8 Å². The summed E-state index contributed by atoms with van der Waals surface area (Å²) >= 11 is 1.46. The molecular formula is C24H23NO4S2. The van der Waals surface area contributed by atoms with E-state index in [0.29, 0.717) is 23.4 Å². The highest BCUT2D eigenvalue weighted by Gasteiger charge is 2.29. The van der Waals surface area contributed by atoms with Gasteiger partial charge in [0.2, 0.25) is 0 Å². The Balaban J connectivity index is 1.42. The van der Waals surface area contributed by atoms with Gasteiger partial charge >= 0.3 is 0 Å². The van der Waals surface area contributed by atoms with Crippen LogP contribution in [0.3, 0.4) is 0 Å². The zero-order valence-electron chi connectivity index (χ0n) is 17.1. The van der Waals surface area contributed by atoms with E-state index in [1.54, 1.807) is 18.2 Å². The second-order valence-corrected chi connectivity index (χ2v) is 11.1. The average molecular weight is 454 g/mol. The van der Waals surface area contributed by atoms with Crippen LogP contribution in [0.1, 0.15) is 22.3 Å². The quantitative estimate of drug-likeness (QED) is 0.547. The summed E-state index contributed by atoms with van der Waals surface area (Å²) in [5, 5.41) is 2.90. The first-order valence-electron chi connectivity index (χ1n) is 10.00. The number of carbonyl (C=O) groups excluding carboxylic acids is 1. The molecule has 0 bridgehead atoms. The number of carbonyl (C=O) groups is 1. The molecule has 1 N–H and O–H groups in total.